The summed E-state index contributed by atoms with van der Waals surface area (Å²) in [6.07, 6.45) is 0.734. The second kappa shape index (κ2) is 6.00. The van der Waals surface area contributed by atoms with Crippen molar-refractivity contribution in [2.24, 2.45) is 0 Å². The smallest absolute Gasteiger partial charge is 0.339 e. The van der Waals surface area contributed by atoms with Crippen molar-refractivity contribution in [1.29, 1.82) is 0 Å². The zero-order valence-corrected chi connectivity index (χ0v) is 12.7. The van der Waals surface area contributed by atoms with E-state index in [1.54, 1.807) is 0 Å². The summed E-state index contributed by atoms with van der Waals surface area (Å²) >= 11 is 0. The van der Waals surface area contributed by atoms with Crippen molar-refractivity contribution in [3.8, 4) is 5.75 Å². The second-order valence-electron chi connectivity index (χ2n) is 5.04. The van der Waals surface area contributed by atoms with Crippen LogP contribution in [0, 0.1) is 0 Å². The Bertz CT molecular complexity index is 644. The molecule has 2 rings (SSSR count). The number of rotatable bonds is 5. The van der Waals surface area contributed by atoms with Crippen molar-refractivity contribution in [2.75, 3.05) is 27.2 Å². The van der Waals surface area contributed by atoms with Crippen LogP contribution in [-0.2, 0) is 10.0 Å². The van der Waals surface area contributed by atoms with E-state index in [2.05, 4.69) is 4.72 Å². The quantitative estimate of drug-likeness (QED) is 0.815. The number of benzene rings is 1. The van der Waals surface area contributed by atoms with Crippen molar-refractivity contribution in [1.82, 2.24) is 9.62 Å². The molecule has 2 N–H and O–H groups in total. The number of likely N-dealkylation sites (N-methyl/N-ethyl adjacent to an activating group) is 1. The Morgan fingerprint density at radius 3 is 2.71 bits per heavy atom. The molecule has 0 aromatic heterocycles. The van der Waals surface area contributed by atoms with E-state index in [0.29, 0.717) is 6.54 Å². The zero-order valence-electron chi connectivity index (χ0n) is 11.9. The first-order valence-electron chi connectivity index (χ1n) is 6.45. The van der Waals surface area contributed by atoms with Crippen molar-refractivity contribution < 1.29 is 23.1 Å². The average molecular weight is 314 g/mol. The lowest BCUT2D eigenvalue weighted by Gasteiger charge is -2.14. The summed E-state index contributed by atoms with van der Waals surface area (Å²) in [4.78, 5) is 13.1. The van der Waals surface area contributed by atoms with Crippen LogP contribution in [0.4, 0.5) is 0 Å². The first-order valence-corrected chi connectivity index (χ1v) is 7.94. The highest BCUT2D eigenvalue weighted by atomic mass is 32.2. The molecule has 0 spiro atoms. The Kier molecular flexibility index (Phi) is 4.50. The number of carbonyl (C=O) groups is 1. The molecule has 0 aliphatic carbocycles. The maximum Gasteiger partial charge on any atom is 0.339 e. The van der Waals surface area contributed by atoms with Crippen molar-refractivity contribution >= 4 is 16.0 Å². The van der Waals surface area contributed by atoms with E-state index in [1.165, 1.54) is 19.2 Å². The molecule has 1 aliphatic rings. The molecule has 1 aliphatic heterocycles. The van der Waals surface area contributed by atoms with Crippen LogP contribution in [0.2, 0.25) is 0 Å². The van der Waals surface area contributed by atoms with Gasteiger partial charge in [0, 0.05) is 12.6 Å². The molecular formula is C13H18N2O5S. The largest absolute Gasteiger partial charge is 0.496 e. The van der Waals surface area contributed by atoms with Gasteiger partial charge in [-0.15, -0.1) is 0 Å². The monoisotopic (exact) mass is 314 g/mol. The number of ether oxygens (including phenoxy) is 1. The minimum Gasteiger partial charge on any atom is -0.496 e. The van der Waals surface area contributed by atoms with Gasteiger partial charge in [0.1, 0.15) is 11.3 Å². The zero-order chi connectivity index (χ0) is 15.6. The van der Waals surface area contributed by atoms with Crippen LogP contribution >= 0.6 is 0 Å². The number of likely N-dealkylation sites (tertiary alicyclic amines) is 1. The molecule has 21 heavy (non-hydrogen) atoms. The summed E-state index contributed by atoms with van der Waals surface area (Å²) in [6.45, 7) is 1.47. The molecule has 0 saturated carbocycles. The molecule has 0 radical (unpaired) electrons. The number of carboxylic acids is 1. The maximum absolute atomic E-state index is 12.3. The lowest BCUT2D eigenvalue weighted by molar-refractivity contribution is 0.0693. The molecule has 116 valence electrons. The van der Waals surface area contributed by atoms with Gasteiger partial charge >= 0.3 is 5.97 Å². The Labute approximate surface area is 123 Å². The third kappa shape index (κ3) is 3.52. The number of carboxylic acid groups (broad SMARTS) is 1. The Morgan fingerprint density at radius 1 is 1.48 bits per heavy atom. The number of sulfonamides is 1. The van der Waals surface area contributed by atoms with E-state index in [9.17, 15) is 13.2 Å². The van der Waals surface area contributed by atoms with Gasteiger partial charge < -0.3 is 14.7 Å². The third-order valence-electron chi connectivity index (χ3n) is 3.42. The number of nitrogens with one attached hydrogen (secondary N) is 1. The fraction of sp³-hybridized carbons (Fsp3) is 0.462. The number of hydrogen-bond acceptors (Lipinski definition) is 5. The van der Waals surface area contributed by atoms with E-state index in [1.807, 2.05) is 11.9 Å². The predicted molar refractivity (Wildman–Crippen MR) is 76.2 cm³/mol. The van der Waals surface area contributed by atoms with Gasteiger partial charge in [0.15, 0.2) is 0 Å². The molecule has 8 heteroatoms. The van der Waals surface area contributed by atoms with Gasteiger partial charge in [-0.25, -0.2) is 17.9 Å². The van der Waals surface area contributed by atoms with Gasteiger partial charge in [-0.1, -0.05) is 0 Å². The Hall–Kier alpha value is -1.64. The number of methoxy groups -OCH3 is 1. The fourth-order valence-corrected chi connectivity index (χ4v) is 3.63. The van der Waals surface area contributed by atoms with Crippen molar-refractivity contribution in [3.05, 3.63) is 23.8 Å². The van der Waals surface area contributed by atoms with E-state index < -0.39 is 16.0 Å². The van der Waals surface area contributed by atoms with Gasteiger partial charge in [-0.3, -0.25) is 0 Å². The number of nitrogens with zero attached hydrogens (tertiary/aromatic N) is 1. The lowest BCUT2D eigenvalue weighted by Crippen LogP contribution is -2.36. The van der Waals surface area contributed by atoms with Crippen molar-refractivity contribution in [2.45, 2.75) is 17.4 Å². The van der Waals surface area contributed by atoms with Crippen LogP contribution < -0.4 is 9.46 Å². The average Bonchev–Trinajstić information content (AvgIpc) is 2.82. The normalized spacial score (nSPS) is 19.6. The standard InChI is InChI=1S/C13H18N2O5S/c1-15-6-5-9(8-15)14-21(18,19)10-3-4-12(20-2)11(7-10)13(16)17/h3-4,7,9,14H,5-6,8H2,1-2H3,(H,16,17). The van der Waals surface area contributed by atoms with E-state index in [4.69, 9.17) is 9.84 Å². The minimum absolute atomic E-state index is 0.0738. The van der Waals surface area contributed by atoms with Crippen molar-refractivity contribution in [3.63, 3.8) is 0 Å². The summed E-state index contributed by atoms with van der Waals surface area (Å²) in [5.41, 5.74) is -0.177. The van der Waals surface area contributed by atoms with Gasteiger partial charge in [0.25, 0.3) is 0 Å². The maximum atomic E-state index is 12.3. The summed E-state index contributed by atoms with van der Waals surface area (Å²) < 4.78 is 32.1. The lowest BCUT2D eigenvalue weighted by atomic mass is 10.2. The number of hydrogen-bond donors (Lipinski definition) is 2. The van der Waals surface area contributed by atoms with Crippen LogP contribution in [0.1, 0.15) is 16.8 Å². The summed E-state index contributed by atoms with van der Waals surface area (Å²) in [5.74, 6) is -1.11. The summed E-state index contributed by atoms with van der Waals surface area (Å²) in [7, 11) is -0.487. The van der Waals surface area contributed by atoms with Gasteiger partial charge in [0.2, 0.25) is 10.0 Å². The van der Waals surface area contributed by atoms with E-state index >= 15 is 0 Å². The van der Waals surface area contributed by atoms with Crippen LogP contribution in [0.15, 0.2) is 23.1 Å². The van der Waals surface area contributed by atoms with E-state index in [0.717, 1.165) is 19.0 Å². The highest BCUT2D eigenvalue weighted by Crippen LogP contribution is 2.23. The summed E-state index contributed by atoms with van der Waals surface area (Å²) in [6, 6.07) is 3.64. The SMILES string of the molecule is COc1ccc(S(=O)(=O)NC2CCN(C)C2)cc1C(=O)O. The molecule has 0 amide bonds. The molecule has 7 nitrogen and oxygen atoms in total. The van der Waals surface area contributed by atoms with E-state index in [-0.39, 0.29) is 22.3 Å². The first-order chi connectivity index (χ1) is 9.83. The predicted octanol–water partition coefficient (Wildman–Crippen LogP) is 0.376. The molecule has 1 saturated heterocycles. The van der Waals surface area contributed by atoms with Gasteiger partial charge in [-0.2, -0.15) is 0 Å². The molecule has 1 unspecified atom stereocenters. The van der Waals surface area contributed by atoms with Crippen LogP contribution in [0.5, 0.6) is 5.75 Å². The Balaban J connectivity index is 2.27. The molecular weight excluding hydrogens is 296 g/mol. The third-order valence-corrected chi connectivity index (χ3v) is 4.94. The highest BCUT2D eigenvalue weighted by Gasteiger charge is 2.26. The molecule has 0 bridgehead atoms. The fourth-order valence-electron chi connectivity index (χ4n) is 2.34. The summed E-state index contributed by atoms with van der Waals surface area (Å²) in [5, 5.41) is 9.10. The molecule has 1 heterocycles. The van der Waals surface area contributed by atoms with Crippen LogP contribution in [0.3, 0.4) is 0 Å². The van der Waals surface area contributed by atoms with Crippen LogP contribution in [-0.4, -0.2) is 57.7 Å². The van der Waals surface area contributed by atoms with Gasteiger partial charge in [0.05, 0.1) is 12.0 Å². The molecule has 1 fully saturated rings. The first kappa shape index (κ1) is 15.7. The topological polar surface area (TPSA) is 95.9 Å². The Morgan fingerprint density at radius 2 is 2.19 bits per heavy atom. The highest BCUT2D eigenvalue weighted by molar-refractivity contribution is 7.89. The number of aromatic carboxylic acids is 1. The second-order valence-corrected chi connectivity index (χ2v) is 6.75. The molecule has 1 aromatic rings. The van der Waals surface area contributed by atoms with Crippen LogP contribution in [0.25, 0.3) is 0 Å². The van der Waals surface area contributed by atoms with Gasteiger partial charge in [-0.05, 0) is 38.2 Å². The minimum atomic E-state index is -3.74. The molecule has 1 atom stereocenters. The molecule has 1 aromatic carbocycles.